The Kier molecular flexibility index (Phi) is 5.18. The number of aliphatic imine (C=N–C) groups is 1. The number of para-hydroxylation sites is 1. The van der Waals surface area contributed by atoms with Crippen LogP contribution in [0.25, 0.3) is 0 Å². The molecule has 2 N–H and O–H groups in total. The fraction of sp³-hybridized carbons (Fsp3) is 0.421. The second kappa shape index (κ2) is 7.40. The van der Waals surface area contributed by atoms with E-state index in [0.29, 0.717) is 28.5 Å². The lowest BCUT2D eigenvalue weighted by atomic mass is 9.75. The fourth-order valence-corrected chi connectivity index (χ4v) is 3.35. The summed E-state index contributed by atoms with van der Waals surface area (Å²) in [6.07, 6.45) is 0. The Labute approximate surface area is 156 Å². The fourth-order valence-electron chi connectivity index (χ4n) is 3.35. The SMILES string of the molecule is CC1=NC(C)=C(C(=O)OCC(C)C)C(c2cccc3c2ONO3)C1C(=O)O. The van der Waals surface area contributed by atoms with Crippen LogP contribution in [0.15, 0.2) is 34.5 Å². The van der Waals surface area contributed by atoms with Crippen molar-refractivity contribution in [1.82, 2.24) is 5.64 Å². The molecule has 0 aliphatic carbocycles. The standard InChI is InChI=1S/C19H22N2O6/c1-9(2)8-25-19(24)15-11(4)20-10(3)14(18(22)23)16(15)12-6-5-7-13-17(12)27-21-26-13/h5-7,9,14,16,21H,8H2,1-4H3,(H,22,23). The Morgan fingerprint density at radius 3 is 2.70 bits per heavy atom. The minimum absolute atomic E-state index is 0.152. The summed E-state index contributed by atoms with van der Waals surface area (Å²) < 4.78 is 5.40. The van der Waals surface area contributed by atoms with Crippen molar-refractivity contribution in [1.29, 1.82) is 0 Å². The largest absolute Gasteiger partial charge is 0.481 e. The highest BCUT2D eigenvalue weighted by atomic mass is 16.9. The molecule has 2 heterocycles. The number of benzene rings is 1. The van der Waals surface area contributed by atoms with Crippen LogP contribution in [0.3, 0.4) is 0 Å². The molecule has 144 valence electrons. The highest BCUT2D eigenvalue weighted by Gasteiger charge is 2.44. The number of allylic oxidation sites excluding steroid dienone is 1. The zero-order chi connectivity index (χ0) is 19.7. The van der Waals surface area contributed by atoms with Crippen molar-refractivity contribution in [2.75, 3.05) is 6.61 Å². The molecule has 2 unspecified atom stereocenters. The Morgan fingerprint density at radius 1 is 1.30 bits per heavy atom. The highest BCUT2D eigenvalue weighted by molar-refractivity contribution is 6.06. The predicted molar refractivity (Wildman–Crippen MR) is 96.3 cm³/mol. The minimum Gasteiger partial charge on any atom is -0.481 e. The lowest BCUT2D eigenvalue weighted by Gasteiger charge is -2.30. The zero-order valence-corrected chi connectivity index (χ0v) is 15.6. The number of aliphatic carboxylic acids is 1. The molecule has 0 bridgehead atoms. The van der Waals surface area contributed by atoms with Crippen LogP contribution in [0.5, 0.6) is 11.5 Å². The predicted octanol–water partition coefficient (Wildman–Crippen LogP) is 2.61. The van der Waals surface area contributed by atoms with Crippen LogP contribution in [0.4, 0.5) is 0 Å². The number of hydrogen-bond donors (Lipinski definition) is 2. The van der Waals surface area contributed by atoms with Crippen LogP contribution in [-0.2, 0) is 14.3 Å². The number of nitrogens with zero attached hydrogens (tertiary/aromatic N) is 1. The summed E-state index contributed by atoms with van der Waals surface area (Å²) >= 11 is 0. The van der Waals surface area contributed by atoms with Crippen molar-refractivity contribution in [2.24, 2.45) is 16.8 Å². The van der Waals surface area contributed by atoms with Gasteiger partial charge in [-0.1, -0.05) is 26.0 Å². The van der Waals surface area contributed by atoms with Crippen LogP contribution in [0.1, 0.15) is 39.2 Å². The van der Waals surface area contributed by atoms with E-state index in [1.807, 2.05) is 13.8 Å². The second-order valence-electron chi connectivity index (χ2n) is 7.00. The van der Waals surface area contributed by atoms with Crippen molar-refractivity contribution in [2.45, 2.75) is 33.6 Å². The minimum atomic E-state index is -1.08. The molecular weight excluding hydrogens is 352 g/mol. The van der Waals surface area contributed by atoms with Gasteiger partial charge in [-0.25, -0.2) is 4.79 Å². The molecule has 0 saturated carbocycles. The third-order valence-corrected chi connectivity index (χ3v) is 4.50. The van der Waals surface area contributed by atoms with Crippen molar-refractivity contribution >= 4 is 17.7 Å². The number of ether oxygens (including phenoxy) is 1. The molecule has 27 heavy (non-hydrogen) atoms. The van der Waals surface area contributed by atoms with Crippen LogP contribution in [0.2, 0.25) is 0 Å². The van der Waals surface area contributed by atoms with E-state index in [0.717, 1.165) is 0 Å². The van der Waals surface area contributed by atoms with Crippen LogP contribution >= 0.6 is 0 Å². The van der Waals surface area contributed by atoms with E-state index in [2.05, 4.69) is 10.6 Å². The van der Waals surface area contributed by atoms with Crippen LogP contribution < -0.4 is 15.3 Å². The van der Waals surface area contributed by atoms with Gasteiger partial charge in [-0.15, -0.1) is 0 Å². The monoisotopic (exact) mass is 374 g/mol. The third-order valence-electron chi connectivity index (χ3n) is 4.50. The first kappa shape index (κ1) is 18.9. The molecule has 1 aromatic rings. The number of esters is 1. The molecule has 0 aromatic heterocycles. The Hall–Kier alpha value is -2.87. The second-order valence-corrected chi connectivity index (χ2v) is 7.00. The molecule has 2 atom stereocenters. The van der Waals surface area contributed by atoms with Crippen molar-refractivity contribution in [3.63, 3.8) is 0 Å². The summed E-state index contributed by atoms with van der Waals surface area (Å²) in [5.41, 5.74) is 3.90. The third kappa shape index (κ3) is 3.52. The Morgan fingerprint density at radius 2 is 2.04 bits per heavy atom. The van der Waals surface area contributed by atoms with Crippen LogP contribution in [0, 0.1) is 11.8 Å². The number of carboxylic acids is 1. The van der Waals surface area contributed by atoms with Gasteiger partial charge >= 0.3 is 11.9 Å². The topological polar surface area (TPSA) is 106 Å². The van der Waals surface area contributed by atoms with E-state index in [9.17, 15) is 14.7 Å². The molecule has 0 fully saturated rings. The summed E-state index contributed by atoms with van der Waals surface area (Å²) in [5, 5.41) is 9.85. The van der Waals surface area contributed by atoms with Gasteiger partial charge in [-0.3, -0.25) is 9.79 Å². The van der Waals surface area contributed by atoms with E-state index < -0.39 is 23.8 Å². The van der Waals surface area contributed by atoms with Gasteiger partial charge in [0.05, 0.1) is 12.2 Å². The number of carboxylic acid groups (broad SMARTS) is 1. The van der Waals surface area contributed by atoms with Gasteiger partial charge in [-0.05, 0) is 25.8 Å². The number of nitrogens with one attached hydrogen (secondary N) is 1. The van der Waals surface area contributed by atoms with Gasteiger partial charge in [0.2, 0.25) is 0 Å². The first-order valence-electron chi connectivity index (χ1n) is 8.68. The lowest BCUT2D eigenvalue weighted by Crippen LogP contribution is -2.35. The number of hydrogen-bond acceptors (Lipinski definition) is 7. The molecule has 2 aliphatic heterocycles. The van der Waals surface area contributed by atoms with Gasteiger partial charge in [0, 0.05) is 28.5 Å². The van der Waals surface area contributed by atoms with Crippen LogP contribution in [-0.4, -0.2) is 29.4 Å². The maximum absolute atomic E-state index is 12.8. The van der Waals surface area contributed by atoms with Gasteiger partial charge in [0.1, 0.15) is 5.92 Å². The molecular formula is C19H22N2O6. The average molecular weight is 374 g/mol. The highest BCUT2D eigenvalue weighted by Crippen LogP contribution is 2.46. The lowest BCUT2D eigenvalue weighted by molar-refractivity contribution is -0.141. The normalized spacial score (nSPS) is 21.3. The number of fused-ring (bicyclic) bond motifs is 1. The molecule has 0 radical (unpaired) electrons. The molecule has 0 spiro atoms. The van der Waals surface area contributed by atoms with E-state index in [1.165, 1.54) is 0 Å². The summed E-state index contributed by atoms with van der Waals surface area (Å²) in [6.45, 7) is 7.41. The average Bonchev–Trinajstić information content (AvgIpc) is 3.07. The molecule has 8 nitrogen and oxygen atoms in total. The summed E-state index contributed by atoms with van der Waals surface area (Å²) in [4.78, 5) is 39.7. The molecule has 2 aliphatic rings. The quantitative estimate of drug-likeness (QED) is 0.763. The number of rotatable bonds is 5. The van der Waals surface area contributed by atoms with E-state index in [1.54, 1.807) is 32.0 Å². The molecule has 0 amide bonds. The first-order chi connectivity index (χ1) is 12.8. The van der Waals surface area contributed by atoms with Gasteiger partial charge in [0.15, 0.2) is 11.5 Å². The Bertz CT molecular complexity index is 843. The summed E-state index contributed by atoms with van der Waals surface area (Å²) in [6, 6.07) is 5.13. The van der Waals surface area contributed by atoms with Crippen molar-refractivity contribution < 1.29 is 29.1 Å². The maximum atomic E-state index is 12.8. The smallest absolute Gasteiger partial charge is 0.336 e. The van der Waals surface area contributed by atoms with Gasteiger partial charge in [-0.2, -0.15) is 0 Å². The van der Waals surface area contributed by atoms with Crippen molar-refractivity contribution in [3.05, 3.63) is 35.0 Å². The van der Waals surface area contributed by atoms with Crippen molar-refractivity contribution in [3.8, 4) is 11.5 Å². The molecule has 8 heteroatoms. The molecule has 3 rings (SSSR count). The van der Waals surface area contributed by atoms with E-state index in [-0.39, 0.29) is 18.1 Å². The van der Waals surface area contributed by atoms with Gasteiger partial charge in [0.25, 0.3) is 0 Å². The zero-order valence-electron chi connectivity index (χ0n) is 15.6. The first-order valence-corrected chi connectivity index (χ1v) is 8.68. The molecule has 1 aromatic carbocycles. The summed E-state index contributed by atoms with van der Waals surface area (Å²) in [5.74, 6) is -2.55. The Balaban J connectivity index is 2.13. The van der Waals surface area contributed by atoms with E-state index >= 15 is 0 Å². The molecule has 0 saturated heterocycles. The van der Waals surface area contributed by atoms with E-state index in [4.69, 9.17) is 14.4 Å². The number of carbonyl (C=O) groups excluding carboxylic acids is 1. The maximum Gasteiger partial charge on any atom is 0.336 e. The number of carbonyl (C=O) groups is 2. The van der Waals surface area contributed by atoms with Gasteiger partial charge < -0.3 is 19.5 Å². The summed E-state index contributed by atoms with van der Waals surface area (Å²) in [7, 11) is 0.